The van der Waals surface area contributed by atoms with Gasteiger partial charge in [-0.3, -0.25) is 0 Å². The molecule has 3 heterocycles. The second-order valence-corrected chi connectivity index (χ2v) is 13.0. The van der Waals surface area contributed by atoms with Gasteiger partial charge in [0.15, 0.2) is 25.7 Å². The van der Waals surface area contributed by atoms with Crippen molar-refractivity contribution in [1.29, 1.82) is 0 Å². The Bertz CT molecular complexity index is 1340. The van der Waals surface area contributed by atoms with Gasteiger partial charge in [0, 0.05) is 22.8 Å². The van der Waals surface area contributed by atoms with E-state index in [0.29, 0.717) is 28.6 Å². The number of sulfone groups is 1. The molecule has 0 spiro atoms. The Hall–Kier alpha value is -2.33. The van der Waals surface area contributed by atoms with E-state index in [4.69, 9.17) is 14.2 Å². The Labute approximate surface area is 199 Å². The molecule has 3 aliphatic heterocycles. The average molecular weight is 501 g/mol. The van der Waals surface area contributed by atoms with E-state index in [2.05, 4.69) is 0 Å². The molecule has 3 atom stereocenters. The molecule has 6 rings (SSSR count). The zero-order valence-electron chi connectivity index (χ0n) is 17.4. The van der Waals surface area contributed by atoms with E-state index in [9.17, 15) is 13.0 Å². The van der Waals surface area contributed by atoms with Crippen molar-refractivity contribution in [2.75, 3.05) is 25.6 Å². The van der Waals surface area contributed by atoms with Crippen LogP contribution in [0.1, 0.15) is 21.6 Å². The quantitative estimate of drug-likeness (QED) is 0.485. The summed E-state index contributed by atoms with van der Waals surface area (Å²) >= 11 is 0.329. The second kappa shape index (κ2) is 8.16. The number of rotatable bonds is 2. The molecule has 3 aromatic carbocycles. The summed E-state index contributed by atoms with van der Waals surface area (Å²) in [6, 6.07) is 18.8. The minimum Gasteiger partial charge on any atom is -0.611 e. The fourth-order valence-electron chi connectivity index (χ4n) is 4.24. The molecule has 3 aromatic rings. The van der Waals surface area contributed by atoms with Gasteiger partial charge in [0.2, 0.25) is 0 Å². The lowest BCUT2D eigenvalue weighted by molar-refractivity contribution is 0.292. The lowest BCUT2D eigenvalue weighted by Gasteiger charge is -2.30. The lowest BCUT2D eigenvalue weighted by Crippen LogP contribution is -2.27. The molecule has 0 aromatic heterocycles. The van der Waals surface area contributed by atoms with Crippen molar-refractivity contribution in [2.45, 2.75) is 25.2 Å². The van der Waals surface area contributed by atoms with Crippen molar-refractivity contribution in [3.8, 4) is 17.2 Å². The normalized spacial score (nSPS) is 24.8. The van der Waals surface area contributed by atoms with Crippen LogP contribution < -0.4 is 14.2 Å². The van der Waals surface area contributed by atoms with Crippen LogP contribution >= 0.6 is 11.8 Å². The maximum atomic E-state index is 13.6. The number of hydrogen-bond acceptors (Lipinski definition) is 7. The maximum Gasteiger partial charge on any atom is 0.195 e. The minimum atomic E-state index is -3.41. The van der Waals surface area contributed by atoms with Gasteiger partial charge in [0.25, 0.3) is 0 Å². The predicted molar refractivity (Wildman–Crippen MR) is 126 cm³/mol. The van der Waals surface area contributed by atoms with Crippen LogP contribution in [0.25, 0.3) is 0 Å². The highest BCUT2D eigenvalue weighted by molar-refractivity contribution is 7.99. The first-order valence-electron chi connectivity index (χ1n) is 10.5. The molecule has 6 nitrogen and oxygen atoms in total. The van der Waals surface area contributed by atoms with Gasteiger partial charge in [0.05, 0.1) is 15.9 Å². The van der Waals surface area contributed by atoms with Gasteiger partial charge in [-0.25, -0.2) is 8.42 Å². The number of para-hydroxylation sites is 1. The van der Waals surface area contributed by atoms with Crippen molar-refractivity contribution in [2.24, 2.45) is 0 Å². The third kappa shape index (κ3) is 3.77. The fourth-order valence-corrected chi connectivity index (χ4v) is 8.11. The van der Waals surface area contributed by atoms with Crippen LogP contribution in [0.2, 0.25) is 0 Å². The van der Waals surface area contributed by atoms with E-state index in [0.717, 1.165) is 16.2 Å². The SMILES string of the molecule is O=S1(=O)CCOc2ccc(C3COc4ccc(C5COc6ccccc6S5)cc4[S+]3[O-])cc21. The zero-order valence-corrected chi connectivity index (χ0v) is 19.9. The van der Waals surface area contributed by atoms with Crippen molar-refractivity contribution >= 4 is 32.8 Å². The Balaban J connectivity index is 1.31. The van der Waals surface area contributed by atoms with E-state index in [1.165, 1.54) is 0 Å². The van der Waals surface area contributed by atoms with Gasteiger partial charge in [-0.15, -0.1) is 11.8 Å². The number of fused-ring (bicyclic) bond motifs is 3. The third-order valence-corrected chi connectivity index (χ3v) is 10.7. The summed E-state index contributed by atoms with van der Waals surface area (Å²) in [6.07, 6.45) is 0. The molecule has 0 radical (unpaired) electrons. The van der Waals surface area contributed by atoms with E-state index >= 15 is 0 Å². The van der Waals surface area contributed by atoms with E-state index < -0.39 is 26.3 Å². The van der Waals surface area contributed by atoms with Crippen LogP contribution in [-0.2, 0) is 21.0 Å². The molecule has 0 aliphatic carbocycles. The van der Waals surface area contributed by atoms with Gasteiger partial charge in [0.1, 0.15) is 36.2 Å². The smallest absolute Gasteiger partial charge is 0.195 e. The van der Waals surface area contributed by atoms with Gasteiger partial charge in [-0.05, 0) is 35.9 Å². The predicted octanol–water partition coefficient (Wildman–Crippen LogP) is 4.32. The van der Waals surface area contributed by atoms with Gasteiger partial charge >= 0.3 is 0 Å². The van der Waals surface area contributed by atoms with E-state index in [1.807, 2.05) is 42.5 Å². The molecule has 0 saturated carbocycles. The molecular formula is C24H20O6S3. The van der Waals surface area contributed by atoms with Crippen molar-refractivity contribution in [3.63, 3.8) is 0 Å². The summed E-state index contributed by atoms with van der Waals surface area (Å²) in [5, 5.41) is -0.389. The van der Waals surface area contributed by atoms with Gasteiger partial charge in [-0.1, -0.05) is 24.3 Å². The highest BCUT2D eigenvalue weighted by Gasteiger charge is 2.37. The number of thioether (sulfide) groups is 1. The summed E-state index contributed by atoms with van der Waals surface area (Å²) < 4.78 is 55.9. The molecule has 170 valence electrons. The van der Waals surface area contributed by atoms with Crippen molar-refractivity contribution in [3.05, 3.63) is 71.8 Å². The number of benzene rings is 3. The summed E-state index contributed by atoms with van der Waals surface area (Å²) in [5.41, 5.74) is 1.69. The van der Waals surface area contributed by atoms with Gasteiger partial charge in [-0.2, -0.15) is 0 Å². The Morgan fingerprint density at radius 1 is 0.879 bits per heavy atom. The largest absolute Gasteiger partial charge is 0.611 e. The van der Waals surface area contributed by atoms with Gasteiger partial charge < -0.3 is 18.8 Å². The Morgan fingerprint density at radius 3 is 2.58 bits per heavy atom. The summed E-state index contributed by atoms with van der Waals surface area (Å²) in [6.45, 7) is 0.893. The van der Waals surface area contributed by atoms with E-state index in [1.54, 1.807) is 30.0 Å². The standard InChI is InChI=1S/C24H20O6S3/c25-32-22-11-15(21-13-29-17-3-1-2-4-20(17)31-21)5-7-18(22)30-14-23(32)16-6-8-19-24(12-16)33(26,27)10-9-28-19/h1-8,11-12,21,23H,9-10,13-14H2. The summed E-state index contributed by atoms with van der Waals surface area (Å²) in [4.78, 5) is 1.87. The van der Waals surface area contributed by atoms with Crippen LogP contribution in [0.4, 0.5) is 0 Å². The number of ether oxygens (including phenoxy) is 3. The molecule has 3 aliphatic rings. The molecule has 33 heavy (non-hydrogen) atoms. The fraction of sp³-hybridized carbons (Fsp3) is 0.250. The first-order chi connectivity index (χ1) is 16.0. The molecule has 3 unspecified atom stereocenters. The summed E-state index contributed by atoms with van der Waals surface area (Å²) in [5.74, 6) is 1.79. The minimum absolute atomic E-state index is 0.0514. The first kappa shape index (κ1) is 21.2. The molecule has 0 saturated heterocycles. The van der Waals surface area contributed by atoms with Crippen LogP contribution in [0.15, 0.2) is 75.4 Å². The third-order valence-electron chi connectivity index (χ3n) is 6.00. The highest BCUT2D eigenvalue weighted by atomic mass is 32.2. The zero-order chi connectivity index (χ0) is 22.6. The Morgan fingerprint density at radius 2 is 1.67 bits per heavy atom. The first-order valence-corrected chi connectivity index (χ1v) is 14.3. The maximum absolute atomic E-state index is 13.6. The molecule has 0 N–H and O–H groups in total. The average Bonchev–Trinajstić information content (AvgIpc) is 2.84. The summed E-state index contributed by atoms with van der Waals surface area (Å²) in [7, 11) is -3.41. The lowest BCUT2D eigenvalue weighted by atomic mass is 10.1. The molecule has 9 heteroatoms. The molecular weight excluding hydrogens is 480 g/mol. The Kier molecular flexibility index (Phi) is 5.25. The van der Waals surface area contributed by atoms with Crippen LogP contribution in [0.5, 0.6) is 17.2 Å². The molecule has 0 fully saturated rings. The van der Waals surface area contributed by atoms with Crippen LogP contribution in [0.3, 0.4) is 0 Å². The topological polar surface area (TPSA) is 84.9 Å². The molecule has 0 bridgehead atoms. The van der Waals surface area contributed by atoms with Crippen LogP contribution in [0, 0.1) is 0 Å². The monoisotopic (exact) mass is 500 g/mol. The molecule has 0 amide bonds. The van der Waals surface area contributed by atoms with E-state index in [-0.39, 0.29) is 29.1 Å². The second-order valence-electron chi connectivity index (χ2n) is 8.04. The number of hydrogen-bond donors (Lipinski definition) is 0. The van der Waals surface area contributed by atoms with Crippen LogP contribution in [-0.4, -0.2) is 38.5 Å². The highest BCUT2D eigenvalue weighted by Crippen LogP contribution is 2.47. The van der Waals surface area contributed by atoms with Crippen molar-refractivity contribution < 1.29 is 27.2 Å². The van der Waals surface area contributed by atoms with Crippen molar-refractivity contribution in [1.82, 2.24) is 0 Å².